The van der Waals surface area contributed by atoms with E-state index in [2.05, 4.69) is 31.6 Å². The summed E-state index contributed by atoms with van der Waals surface area (Å²) in [5.41, 5.74) is 13.5. The summed E-state index contributed by atoms with van der Waals surface area (Å²) in [5, 5.41) is 0. The first kappa shape index (κ1) is 28.9. The Bertz CT molecular complexity index is 1530. The molecule has 0 bridgehead atoms. The number of nitrogens with two attached hydrogens (primary N) is 2. The lowest BCUT2D eigenvalue weighted by Gasteiger charge is -2.45. The molecule has 218 valence electrons. The Kier molecular flexibility index (Phi) is 8.36. The molecule has 4 heterocycles. The molecule has 3 fully saturated rings. The Hall–Kier alpha value is -2.16. The summed E-state index contributed by atoms with van der Waals surface area (Å²) < 4.78 is 51.3. The van der Waals surface area contributed by atoms with E-state index in [0.29, 0.717) is 24.0 Å². The van der Waals surface area contributed by atoms with Gasteiger partial charge in [-0.1, -0.05) is 11.7 Å². The van der Waals surface area contributed by atoms with E-state index in [-0.39, 0.29) is 73.6 Å². The number of hydrogen-bond donors (Lipinski definition) is 3. The number of nitrogens with zero attached hydrogens (tertiary/aromatic N) is 5. The van der Waals surface area contributed by atoms with Crippen molar-refractivity contribution in [2.45, 2.75) is 24.8 Å². The molecule has 3 aromatic rings. The van der Waals surface area contributed by atoms with Crippen LogP contribution < -0.4 is 11.5 Å². The molecule has 4 N–H and O–H groups in total. The summed E-state index contributed by atoms with van der Waals surface area (Å²) in [6.07, 6.45) is 5.88. The van der Waals surface area contributed by atoms with Crippen LogP contribution >= 0.6 is 37.1 Å². The Balaban J connectivity index is 1.19. The van der Waals surface area contributed by atoms with E-state index in [1.165, 1.54) is 12.5 Å². The van der Waals surface area contributed by atoms with Crippen molar-refractivity contribution < 1.29 is 32.0 Å². The van der Waals surface area contributed by atoms with E-state index in [0.717, 1.165) is 16.0 Å². The summed E-state index contributed by atoms with van der Waals surface area (Å²) in [7, 11) is -1.64. The van der Waals surface area contributed by atoms with Gasteiger partial charge in [0.25, 0.3) is 5.91 Å². The zero-order valence-corrected chi connectivity index (χ0v) is 25.1. The quantitative estimate of drug-likeness (QED) is 0.211. The third-order valence-corrected chi connectivity index (χ3v) is 13.2. The van der Waals surface area contributed by atoms with Crippen molar-refractivity contribution in [1.29, 1.82) is 0 Å². The van der Waals surface area contributed by atoms with Crippen molar-refractivity contribution in [3.05, 3.63) is 42.2 Å². The molecule has 1 saturated heterocycles. The van der Waals surface area contributed by atoms with Crippen molar-refractivity contribution in [1.82, 2.24) is 24.5 Å². The van der Waals surface area contributed by atoms with E-state index < -0.39 is 21.0 Å². The standard InChI is InChI=1S/C23H27N7O7P2S2/c24-21-20-23(28-10-27-21)30(11-29-20)19-5-14-6-34-38(32)35-8-16-13(7-36-39(33,41-40)37-9-17(14)19)3-15(16)12-1-2-26-18(4-12)22(25)31/h1-2,4,10-11,13-17,19H,3,5-9H2,(H4-,24,25,27,28,31,40)/p+1/t13-,14-,15+,16-,17-,19-,39?/m1/s1. The van der Waals surface area contributed by atoms with Gasteiger partial charge in [-0.2, -0.15) is 0 Å². The van der Waals surface area contributed by atoms with Crippen molar-refractivity contribution in [2.24, 2.45) is 29.4 Å². The van der Waals surface area contributed by atoms with Crippen LogP contribution in [-0.2, 0) is 27.2 Å². The number of nitrogen functional groups attached to an aromatic ring is 1. The number of carbonyl (C=O) groups excluding carboxylic acids is 1. The zero-order chi connectivity index (χ0) is 28.7. The van der Waals surface area contributed by atoms with Gasteiger partial charge in [0.2, 0.25) is 0 Å². The number of hydrogen-bond acceptors (Lipinski definition) is 14. The van der Waals surface area contributed by atoms with Crippen LogP contribution in [0.1, 0.15) is 40.9 Å². The number of anilines is 1. The summed E-state index contributed by atoms with van der Waals surface area (Å²) in [5.74, 6) is -0.795. The lowest BCUT2D eigenvalue weighted by atomic mass is 9.63. The van der Waals surface area contributed by atoms with Crippen LogP contribution in [0.25, 0.3) is 11.2 Å². The maximum Gasteiger partial charge on any atom is 0.697 e. The fourth-order valence-electron chi connectivity index (χ4n) is 5.89. The largest absolute Gasteiger partial charge is 0.697 e. The van der Waals surface area contributed by atoms with Crippen LogP contribution in [0.3, 0.4) is 0 Å². The van der Waals surface area contributed by atoms with E-state index in [1.807, 2.05) is 10.6 Å². The van der Waals surface area contributed by atoms with Crippen LogP contribution in [0.5, 0.6) is 0 Å². The molecule has 14 nitrogen and oxygen atoms in total. The predicted molar refractivity (Wildman–Crippen MR) is 153 cm³/mol. The van der Waals surface area contributed by atoms with Gasteiger partial charge in [-0.15, -0.1) is 9.05 Å². The monoisotopic (exact) mass is 640 g/mol. The van der Waals surface area contributed by atoms with Crippen LogP contribution in [0.2, 0.25) is 0 Å². The second-order valence-electron chi connectivity index (χ2n) is 10.4. The zero-order valence-electron chi connectivity index (χ0n) is 21.6. The molecule has 41 heavy (non-hydrogen) atoms. The molecule has 8 atom stereocenters. The van der Waals surface area contributed by atoms with Crippen molar-refractivity contribution in [3.63, 3.8) is 0 Å². The molecule has 2 unspecified atom stereocenters. The molecule has 18 heteroatoms. The second kappa shape index (κ2) is 11.8. The molecule has 2 aliphatic carbocycles. The number of carbonyl (C=O) groups is 1. The number of thiol groups is 1. The van der Waals surface area contributed by atoms with Gasteiger partial charge in [-0.25, -0.2) is 19.5 Å². The Morgan fingerprint density at radius 1 is 1.07 bits per heavy atom. The van der Waals surface area contributed by atoms with Crippen LogP contribution in [0, 0.1) is 23.7 Å². The van der Waals surface area contributed by atoms with Crippen molar-refractivity contribution >= 4 is 60.0 Å². The third kappa shape index (κ3) is 5.76. The highest BCUT2D eigenvalue weighted by Crippen LogP contribution is 2.65. The fraction of sp³-hybridized carbons (Fsp3) is 0.522. The van der Waals surface area contributed by atoms with E-state index >= 15 is 0 Å². The summed E-state index contributed by atoms with van der Waals surface area (Å²) in [6.45, 7) is -3.12. The molecule has 0 aromatic carbocycles. The molecule has 1 aliphatic heterocycles. The van der Waals surface area contributed by atoms with Gasteiger partial charge in [0.05, 0.1) is 19.5 Å². The molecule has 2 saturated carbocycles. The van der Waals surface area contributed by atoms with Crippen molar-refractivity contribution in [3.8, 4) is 0 Å². The normalized spacial score (nSPS) is 33.5. The van der Waals surface area contributed by atoms with E-state index in [4.69, 9.17) is 29.6 Å². The maximum atomic E-state index is 13.5. The van der Waals surface area contributed by atoms with E-state index in [1.54, 1.807) is 12.4 Å². The average Bonchev–Trinajstić information content (AvgIpc) is 3.36. The molecule has 3 aromatic heterocycles. The number of pyridine rings is 1. The lowest BCUT2D eigenvalue weighted by Crippen LogP contribution is -2.43. The third-order valence-electron chi connectivity index (χ3n) is 8.27. The number of rotatable bonds is 4. The molecular formula is C23H28N7O7P2S2+. The highest BCUT2D eigenvalue weighted by molar-refractivity contribution is 8.93. The smallest absolute Gasteiger partial charge is 0.382 e. The topological polar surface area (TPSA) is 197 Å². The second-order valence-corrected chi connectivity index (χ2v) is 16.2. The molecule has 0 spiro atoms. The lowest BCUT2D eigenvalue weighted by molar-refractivity contribution is -0.0110. The van der Waals surface area contributed by atoms with Crippen LogP contribution in [0.4, 0.5) is 5.82 Å². The maximum absolute atomic E-state index is 13.5. The minimum atomic E-state index is -3.62. The first-order valence-corrected chi connectivity index (χ1v) is 18.0. The van der Waals surface area contributed by atoms with Gasteiger partial charge in [-0.3, -0.25) is 18.8 Å². The Labute approximate surface area is 244 Å². The molecule has 1 amide bonds. The molecule has 6 rings (SSSR count). The number of imidazole rings is 1. The predicted octanol–water partition coefficient (Wildman–Crippen LogP) is 3.92. The van der Waals surface area contributed by atoms with Gasteiger partial charge in [0.15, 0.2) is 11.5 Å². The summed E-state index contributed by atoms with van der Waals surface area (Å²) in [6, 6.07) is 3.36. The Morgan fingerprint density at radius 2 is 1.85 bits per heavy atom. The molecule has 3 aliphatic rings. The fourth-order valence-corrected chi connectivity index (χ4v) is 8.96. The minimum absolute atomic E-state index is 0.0235. The highest BCUT2D eigenvalue weighted by atomic mass is 33.3. The number of fused-ring (bicyclic) bond motifs is 3. The van der Waals surface area contributed by atoms with Crippen LogP contribution in [-0.4, -0.2) is 56.8 Å². The Morgan fingerprint density at radius 3 is 2.66 bits per heavy atom. The SMILES string of the molecule is NC(=O)c1cc([C@@H]2C[C@@H]3COP(=O)(SS)OC[C@@H]4[C@@H](CO[P+](=O)OC[C@H]32)C[C@H]4n2cnc3c(N)ncnc32)ccn1. The number of primary amides is 1. The van der Waals surface area contributed by atoms with Crippen LogP contribution in [0.15, 0.2) is 31.0 Å². The molecular weight excluding hydrogens is 612 g/mol. The minimum Gasteiger partial charge on any atom is -0.382 e. The highest BCUT2D eigenvalue weighted by Gasteiger charge is 2.49. The average molecular weight is 641 g/mol. The van der Waals surface area contributed by atoms with Gasteiger partial charge in [0, 0.05) is 33.1 Å². The van der Waals surface area contributed by atoms with Crippen molar-refractivity contribution in [2.75, 3.05) is 32.2 Å². The summed E-state index contributed by atoms with van der Waals surface area (Å²) >= 11 is 4.20. The first-order valence-electron chi connectivity index (χ1n) is 12.9. The van der Waals surface area contributed by atoms with Gasteiger partial charge >= 0.3 is 15.1 Å². The van der Waals surface area contributed by atoms with E-state index in [9.17, 15) is 13.9 Å². The van der Waals surface area contributed by atoms with Gasteiger partial charge in [0.1, 0.15) is 30.8 Å². The first-order chi connectivity index (χ1) is 19.8. The molecule has 0 radical (unpaired) electrons. The van der Waals surface area contributed by atoms with Gasteiger partial charge < -0.3 is 16.0 Å². The number of aromatic nitrogens is 5. The summed E-state index contributed by atoms with van der Waals surface area (Å²) in [4.78, 5) is 28.3. The van der Waals surface area contributed by atoms with Gasteiger partial charge in [-0.05, 0) is 54.2 Å². The number of amides is 1.